The predicted molar refractivity (Wildman–Crippen MR) is 69.0 cm³/mol. The predicted octanol–water partition coefficient (Wildman–Crippen LogP) is 2.08. The monoisotopic (exact) mass is 233 g/mol. The van der Waals surface area contributed by atoms with Crippen molar-refractivity contribution in [2.24, 2.45) is 11.7 Å². The molecule has 2 N–H and O–H groups in total. The Hall–Kier alpha value is -1.13. The van der Waals surface area contributed by atoms with Crippen LogP contribution in [0.4, 0.5) is 5.69 Å². The van der Waals surface area contributed by atoms with Crippen LogP contribution in [0, 0.1) is 5.92 Å². The number of fused-ring (bicyclic) bond motifs is 1. The lowest BCUT2D eigenvalue weighted by molar-refractivity contribution is 0.603. The summed E-state index contributed by atoms with van der Waals surface area (Å²) in [7, 11) is 0. The highest BCUT2D eigenvalue weighted by atomic mass is 32.1. The molecule has 2 aromatic rings. The van der Waals surface area contributed by atoms with Crippen molar-refractivity contribution in [3.63, 3.8) is 0 Å². The molecule has 0 aliphatic carbocycles. The summed E-state index contributed by atoms with van der Waals surface area (Å²) < 4.78 is 1.27. The Kier molecular flexibility index (Phi) is 2.53. The maximum atomic E-state index is 5.71. The molecule has 1 fully saturated rings. The van der Waals surface area contributed by atoms with E-state index in [4.69, 9.17) is 5.73 Å². The van der Waals surface area contributed by atoms with E-state index in [0.29, 0.717) is 5.92 Å². The molecule has 1 aromatic carbocycles. The Balaban J connectivity index is 1.88. The van der Waals surface area contributed by atoms with Crippen molar-refractivity contribution in [3.8, 4) is 0 Å². The van der Waals surface area contributed by atoms with Crippen molar-refractivity contribution in [2.45, 2.75) is 6.42 Å². The van der Waals surface area contributed by atoms with Gasteiger partial charge in [0.1, 0.15) is 0 Å². The molecule has 16 heavy (non-hydrogen) atoms. The zero-order chi connectivity index (χ0) is 11.0. The Labute approximate surface area is 98.9 Å². The topological polar surface area (TPSA) is 42.1 Å². The zero-order valence-corrected chi connectivity index (χ0v) is 9.91. The highest BCUT2D eigenvalue weighted by Gasteiger charge is 2.21. The molecule has 1 saturated heterocycles. The summed E-state index contributed by atoms with van der Waals surface area (Å²) in [6.45, 7) is 3.03. The van der Waals surface area contributed by atoms with Crippen LogP contribution in [0.15, 0.2) is 23.7 Å². The third kappa shape index (κ3) is 1.68. The van der Waals surface area contributed by atoms with Crippen molar-refractivity contribution in [1.82, 2.24) is 4.98 Å². The zero-order valence-electron chi connectivity index (χ0n) is 9.10. The van der Waals surface area contributed by atoms with Crippen LogP contribution in [0.5, 0.6) is 0 Å². The first kappa shape index (κ1) is 10.1. The minimum absolute atomic E-state index is 0.664. The Morgan fingerprint density at radius 3 is 3.25 bits per heavy atom. The highest BCUT2D eigenvalue weighted by Crippen LogP contribution is 2.28. The number of thiazole rings is 1. The molecule has 4 heteroatoms. The smallest absolute Gasteiger partial charge is 0.0813 e. The summed E-state index contributed by atoms with van der Waals surface area (Å²) in [6, 6.07) is 6.52. The molecular formula is C12H15N3S. The van der Waals surface area contributed by atoms with Crippen molar-refractivity contribution in [3.05, 3.63) is 23.7 Å². The van der Waals surface area contributed by atoms with Crippen LogP contribution in [0.3, 0.4) is 0 Å². The Morgan fingerprint density at radius 2 is 2.44 bits per heavy atom. The molecule has 1 aliphatic heterocycles. The largest absolute Gasteiger partial charge is 0.371 e. The van der Waals surface area contributed by atoms with Crippen LogP contribution in [-0.4, -0.2) is 24.6 Å². The lowest BCUT2D eigenvalue weighted by Crippen LogP contribution is -2.22. The summed E-state index contributed by atoms with van der Waals surface area (Å²) in [5, 5.41) is 0. The quantitative estimate of drug-likeness (QED) is 0.863. The van der Waals surface area contributed by atoms with Gasteiger partial charge in [-0.05, 0) is 37.1 Å². The van der Waals surface area contributed by atoms with Crippen molar-refractivity contribution in [2.75, 3.05) is 24.5 Å². The number of rotatable bonds is 2. The van der Waals surface area contributed by atoms with E-state index in [1.165, 1.54) is 16.8 Å². The van der Waals surface area contributed by atoms with Crippen LogP contribution >= 0.6 is 11.3 Å². The summed E-state index contributed by atoms with van der Waals surface area (Å²) in [4.78, 5) is 6.72. The maximum absolute atomic E-state index is 5.71. The highest BCUT2D eigenvalue weighted by molar-refractivity contribution is 7.16. The number of anilines is 1. The second kappa shape index (κ2) is 4.03. The molecule has 3 nitrogen and oxygen atoms in total. The minimum Gasteiger partial charge on any atom is -0.371 e. The number of hydrogen-bond acceptors (Lipinski definition) is 4. The van der Waals surface area contributed by atoms with Crippen LogP contribution in [0.25, 0.3) is 10.2 Å². The molecule has 1 atom stereocenters. The molecule has 84 valence electrons. The average Bonchev–Trinajstić information content (AvgIpc) is 2.96. The molecule has 0 amide bonds. The van der Waals surface area contributed by atoms with Gasteiger partial charge in [0, 0.05) is 18.8 Å². The van der Waals surface area contributed by atoms with Gasteiger partial charge in [-0.1, -0.05) is 0 Å². The maximum Gasteiger partial charge on any atom is 0.0813 e. The van der Waals surface area contributed by atoms with Gasteiger partial charge in [0.15, 0.2) is 0 Å². The van der Waals surface area contributed by atoms with Crippen LogP contribution in [-0.2, 0) is 0 Å². The van der Waals surface area contributed by atoms with Gasteiger partial charge in [0.25, 0.3) is 0 Å². The summed E-state index contributed by atoms with van der Waals surface area (Å²) in [5.74, 6) is 0.664. The Bertz CT molecular complexity index is 494. The van der Waals surface area contributed by atoms with Gasteiger partial charge in [-0.3, -0.25) is 0 Å². The second-order valence-corrected chi connectivity index (χ2v) is 5.23. The molecular weight excluding hydrogens is 218 g/mol. The molecule has 0 saturated carbocycles. The second-order valence-electron chi connectivity index (χ2n) is 4.34. The molecule has 2 heterocycles. The molecule has 1 aromatic heterocycles. The Morgan fingerprint density at radius 1 is 1.50 bits per heavy atom. The van der Waals surface area contributed by atoms with E-state index in [1.54, 1.807) is 11.3 Å². The SMILES string of the molecule is NCC1CCN(c2ccc3ncsc3c2)C1. The number of nitrogens with zero attached hydrogens (tertiary/aromatic N) is 2. The van der Waals surface area contributed by atoms with Crippen molar-refractivity contribution in [1.29, 1.82) is 0 Å². The van der Waals surface area contributed by atoms with E-state index >= 15 is 0 Å². The standard InChI is InChI=1S/C12H15N3S/c13-6-9-3-4-15(7-9)10-1-2-11-12(5-10)16-8-14-11/h1-2,5,8-9H,3-4,6-7,13H2. The fraction of sp³-hybridized carbons (Fsp3) is 0.417. The lowest BCUT2D eigenvalue weighted by atomic mass is 10.1. The van der Waals surface area contributed by atoms with Gasteiger partial charge in [-0.2, -0.15) is 0 Å². The molecule has 1 unspecified atom stereocenters. The molecule has 1 aliphatic rings. The molecule has 3 rings (SSSR count). The average molecular weight is 233 g/mol. The molecule has 0 bridgehead atoms. The van der Waals surface area contributed by atoms with Crippen LogP contribution in [0.1, 0.15) is 6.42 Å². The van der Waals surface area contributed by atoms with E-state index in [0.717, 1.165) is 25.2 Å². The number of benzene rings is 1. The normalized spacial score (nSPS) is 20.8. The summed E-state index contributed by atoms with van der Waals surface area (Å²) in [6.07, 6.45) is 1.22. The van der Waals surface area contributed by atoms with Crippen LogP contribution < -0.4 is 10.6 Å². The van der Waals surface area contributed by atoms with Gasteiger partial charge in [0.2, 0.25) is 0 Å². The van der Waals surface area contributed by atoms with Gasteiger partial charge in [-0.25, -0.2) is 4.98 Å². The first-order valence-corrected chi connectivity index (χ1v) is 6.53. The third-order valence-electron chi connectivity index (χ3n) is 3.30. The fourth-order valence-electron chi connectivity index (χ4n) is 2.30. The van der Waals surface area contributed by atoms with Crippen molar-refractivity contribution >= 4 is 27.2 Å². The van der Waals surface area contributed by atoms with E-state index in [9.17, 15) is 0 Å². The third-order valence-corrected chi connectivity index (χ3v) is 4.09. The number of hydrogen-bond donors (Lipinski definition) is 1. The lowest BCUT2D eigenvalue weighted by Gasteiger charge is -2.18. The summed E-state index contributed by atoms with van der Waals surface area (Å²) >= 11 is 1.70. The van der Waals surface area contributed by atoms with E-state index in [2.05, 4.69) is 28.1 Å². The van der Waals surface area contributed by atoms with Crippen molar-refractivity contribution < 1.29 is 0 Å². The first-order valence-electron chi connectivity index (χ1n) is 5.65. The molecule has 0 spiro atoms. The van der Waals surface area contributed by atoms with Gasteiger partial charge in [-0.15, -0.1) is 11.3 Å². The number of nitrogens with two attached hydrogens (primary N) is 1. The molecule has 0 radical (unpaired) electrons. The van der Waals surface area contributed by atoms with E-state index in [1.807, 2.05) is 5.51 Å². The first-order chi connectivity index (χ1) is 7.86. The minimum atomic E-state index is 0.664. The van der Waals surface area contributed by atoms with Gasteiger partial charge >= 0.3 is 0 Å². The number of aromatic nitrogens is 1. The van der Waals surface area contributed by atoms with Gasteiger partial charge < -0.3 is 10.6 Å². The van der Waals surface area contributed by atoms with E-state index < -0.39 is 0 Å². The fourth-order valence-corrected chi connectivity index (χ4v) is 3.01. The van der Waals surface area contributed by atoms with E-state index in [-0.39, 0.29) is 0 Å². The summed E-state index contributed by atoms with van der Waals surface area (Å²) in [5.41, 5.74) is 10.0. The van der Waals surface area contributed by atoms with Gasteiger partial charge in [0.05, 0.1) is 15.7 Å². The van der Waals surface area contributed by atoms with Crippen LogP contribution in [0.2, 0.25) is 0 Å².